The van der Waals surface area contributed by atoms with Gasteiger partial charge in [-0.15, -0.1) is 0 Å². The second kappa shape index (κ2) is 3.84. The number of rotatable bonds is 3. The average Bonchev–Trinajstić information content (AvgIpc) is 2.74. The molecular weight excluding hydrogens is 210 g/mol. The number of hydrogen-bond acceptors (Lipinski definition) is 4. The van der Waals surface area contributed by atoms with Crippen LogP contribution in [0.1, 0.15) is 18.4 Å². The molecule has 5 nitrogen and oxygen atoms in total. The third-order valence-corrected chi connectivity index (χ3v) is 2.51. The number of oxazole rings is 1. The van der Waals surface area contributed by atoms with Gasteiger partial charge in [0.25, 0.3) is 0 Å². The first-order valence-electron chi connectivity index (χ1n) is 4.77. The molecule has 0 saturated carbocycles. The molecule has 0 fully saturated rings. The lowest BCUT2D eigenvalue weighted by Crippen LogP contribution is -2.07. The molecule has 16 heavy (non-hydrogen) atoms. The van der Waals surface area contributed by atoms with E-state index in [1.807, 2.05) is 0 Å². The summed E-state index contributed by atoms with van der Waals surface area (Å²) in [6.45, 7) is 1.61. The second-order valence-electron chi connectivity index (χ2n) is 3.48. The minimum Gasteiger partial charge on any atom is -0.493 e. The van der Waals surface area contributed by atoms with Crippen LogP contribution in [-0.2, 0) is 4.79 Å². The Morgan fingerprint density at radius 2 is 2.31 bits per heavy atom. The number of aromatic nitrogens is 1. The van der Waals surface area contributed by atoms with Crippen LogP contribution in [-0.4, -0.2) is 23.2 Å². The monoisotopic (exact) mass is 221 g/mol. The number of hydrogen-bond donors (Lipinski definition) is 1. The van der Waals surface area contributed by atoms with Crippen LogP contribution in [0.3, 0.4) is 0 Å². The average molecular weight is 221 g/mol. The first kappa shape index (κ1) is 10.5. The van der Waals surface area contributed by atoms with Crippen molar-refractivity contribution in [2.45, 2.75) is 12.8 Å². The van der Waals surface area contributed by atoms with Crippen LogP contribution >= 0.6 is 0 Å². The van der Waals surface area contributed by atoms with E-state index in [1.165, 1.54) is 13.5 Å². The van der Waals surface area contributed by atoms with E-state index >= 15 is 0 Å². The van der Waals surface area contributed by atoms with E-state index in [2.05, 4.69) is 4.98 Å². The van der Waals surface area contributed by atoms with E-state index in [0.29, 0.717) is 22.4 Å². The van der Waals surface area contributed by atoms with Crippen LogP contribution in [0.4, 0.5) is 0 Å². The first-order valence-corrected chi connectivity index (χ1v) is 4.77. The zero-order valence-corrected chi connectivity index (χ0v) is 8.93. The summed E-state index contributed by atoms with van der Waals surface area (Å²) in [6.07, 6.45) is 1.31. The lowest BCUT2D eigenvalue weighted by molar-refractivity contribution is -0.138. The Balaban J connectivity index is 2.59. The Kier molecular flexibility index (Phi) is 2.52. The van der Waals surface area contributed by atoms with Crippen LogP contribution < -0.4 is 4.74 Å². The third kappa shape index (κ3) is 1.60. The quantitative estimate of drug-likeness (QED) is 0.858. The van der Waals surface area contributed by atoms with Crippen LogP contribution in [0.5, 0.6) is 5.75 Å². The van der Waals surface area contributed by atoms with Gasteiger partial charge in [-0.25, -0.2) is 4.98 Å². The van der Waals surface area contributed by atoms with Crippen LogP contribution in [0.2, 0.25) is 0 Å². The van der Waals surface area contributed by atoms with Crippen LogP contribution in [0, 0.1) is 0 Å². The van der Waals surface area contributed by atoms with Gasteiger partial charge in [0, 0.05) is 0 Å². The maximum absolute atomic E-state index is 10.9. The van der Waals surface area contributed by atoms with Gasteiger partial charge in [0.2, 0.25) is 0 Å². The molecule has 84 valence electrons. The molecule has 1 aromatic heterocycles. The standard InChI is InChI=1S/C11H11NO4/c1-6(11(13)14)7-3-8-10(16-5-12-8)9(4-7)15-2/h3-6H,1-2H3,(H,13,14). The highest BCUT2D eigenvalue weighted by atomic mass is 16.5. The van der Waals surface area contributed by atoms with Gasteiger partial charge in [0.15, 0.2) is 17.7 Å². The number of benzene rings is 1. The lowest BCUT2D eigenvalue weighted by Gasteiger charge is -2.08. The number of ether oxygens (including phenoxy) is 1. The highest BCUT2D eigenvalue weighted by molar-refractivity contribution is 5.83. The zero-order valence-electron chi connectivity index (χ0n) is 8.93. The minimum atomic E-state index is -0.884. The summed E-state index contributed by atoms with van der Waals surface area (Å²) in [6, 6.07) is 3.35. The van der Waals surface area contributed by atoms with Crippen LogP contribution in [0.25, 0.3) is 11.1 Å². The minimum absolute atomic E-state index is 0.498. The molecule has 0 aliphatic rings. The molecular formula is C11H11NO4. The molecule has 0 bridgehead atoms. The van der Waals surface area contributed by atoms with Gasteiger partial charge in [0.05, 0.1) is 13.0 Å². The SMILES string of the molecule is COc1cc(C(C)C(=O)O)cc2ncoc12. The topological polar surface area (TPSA) is 72.6 Å². The van der Waals surface area contributed by atoms with E-state index < -0.39 is 11.9 Å². The summed E-state index contributed by atoms with van der Waals surface area (Å²) in [5.74, 6) is -0.988. The smallest absolute Gasteiger partial charge is 0.310 e. The first-order chi connectivity index (χ1) is 7.63. The van der Waals surface area contributed by atoms with Gasteiger partial charge >= 0.3 is 5.97 Å². The van der Waals surface area contributed by atoms with E-state index in [-0.39, 0.29) is 0 Å². The van der Waals surface area contributed by atoms with E-state index in [0.717, 1.165) is 0 Å². The molecule has 0 aliphatic heterocycles. The van der Waals surface area contributed by atoms with Crippen molar-refractivity contribution in [3.8, 4) is 5.75 Å². The molecule has 2 rings (SSSR count). The van der Waals surface area contributed by atoms with E-state index in [9.17, 15) is 4.79 Å². The number of carboxylic acid groups (broad SMARTS) is 1. The molecule has 1 N–H and O–H groups in total. The number of carboxylic acids is 1. The van der Waals surface area contributed by atoms with Gasteiger partial charge < -0.3 is 14.3 Å². The fourth-order valence-electron chi connectivity index (χ4n) is 1.50. The van der Waals surface area contributed by atoms with Gasteiger partial charge in [-0.3, -0.25) is 4.79 Å². The maximum atomic E-state index is 10.9. The molecule has 2 aromatic rings. The number of fused-ring (bicyclic) bond motifs is 1. The van der Waals surface area contributed by atoms with Crippen molar-refractivity contribution in [1.82, 2.24) is 4.98 Å². The predicted molar refractivity (Wildman–Crippen MR) is 56.6 cm³/mol. The highest BCUT2D eigenvalue weighted by Crippen LogP contribution is 2.30. The summed E-state index contributed by atoms with van der Waals surface area (Å²) >= 11 is 0. The summed E-state index contributed by atoms with van der Waals surface area (Å²) in [5, 5.41) is 8.94. The zero-order chi connectivity index (χ0) is 11.7. The largest absolute Gasteiger partial charge is 0.493 e. The van der Waals surface area contributed by atoms with Gasteiger partial charge in [-0.1, -0.05) is 0 Å². The number of carbonyl (C=O) groups is 1. The number of aliphatic carboxylic acids is 1. The molecule has 0 radical (unpaired) electrons. The number of nitrogens with zero attached hydrogens (tertiary/aromatic N) is 1. The Morgan fingerprint density at radius 1 is 1.56 bits per heavy atom. The normalized spacial score (nSPS) is 12.6. The van der Waals surface area contributed by atoms with Gasteiger partial charge in [-0.05, 0) is 24.6 Å². The summed E-state index contributed by atoms with van der Waals surface area (Å²) in [4.78, 5) is 14.9. The molecule has 5 heteroatoms. The second-order valence-corrected chi connectivity index (χ2v) is 3.48. The maximum Gasteiger partial charge on any atom is 0.310 e. The molecule has 1 aromatic carbocycles. The van der Waals surface area contributed by atoms with Crippen molar-refractivity contribution in [3.05, 3.63) is 24.1 Å². The fourth-order valence-corrected chi connectivity index (χ4v) is 1.50. The van der Waals surface area contributed by atoms with Gasteiger partial charge in [0.1, 0.15) is 5.52 Å². The molecule has 1 heterocycles. The molecule has 1 atom stereocenters. The van der Waals surface area contributed by atoms with E-state index in [4.69, 9.17) is 14.3 Å². The Morgan fingerprint density at radius 3 is 2.94 bits per heavy atom. The van der Waals surface area contributed by atoms with Crippen molar-refractivity contribution in [1.29, 1.82) is 0 Å². The number of methoxy groups -OCH3 is 1. The van der Waals surface area contributed by atoms with Crippen molar-refractivity contribution >= 4 is 17.1 Å². The Bertz CT molecular complexity index is 532. The molecule has 0 amide bonds. The summed E-state index contributed by atoms with van der Waals surface area (Å²) in [5.41, 5.74) is 1.78. The summed E-state index contributed by atoms with van der Waals surface area (Å²) in [7, 11) is 1.51. The summed E-state index contributed by atoms with van der Waals surface area (Å²) < 4.78 is 10.3. The molecule has 0 saturated heterocycles. The highest BCUT2D eigenvalue weighted by Gasteiger charge is 2.17. The van der Waals surface area contributed by atoms with Crippen LogP contribution in [0.15, 0.2) is 22.9 Å². The van der Waals surface area contributed by atoms with Crippen molar-refractivity contribution in [3.63, 3.8) is 0 Å². The van der Waals surface area contributed by atoms with E-state index in [1.54, 1.807) is 19.1 Å². The van der Waals surface area contributed by atoms with Crippen molar-refractivity contribution < 1.29 is 19.1 Å². The van der Waals surface area contributed by atoms with Gasteiger partial charge in [-0.2, -0.15) is 0 Å². The lowest BCUT2D eigenvalue weighted by atomic mass is 10.0. The van der Waals surface area contributed by atoms with Crippen molar-refractivity contribution in [2.24, 2.45) is 0 Å². The Labute approximate surface area is 91.7 Å². The Hall–Kier alpha value is -2.04. The third-order valence-electron chi connectivity index (χ3n) is 2.51. The molecule has 0 spiro atoms. The molecule has 1 unspecified atom stereocenters. The predicted octanol–water partition coefficient (Wildman–Crippen LogP) is 2.02. The molecule has 0 aliphatic carbocycles. The fraction of sp³-hybridized carbons (Fsp3) is 0.273. The van der Waals surface area contributed by atoms with Crippen molar-refractivity contribution in [2.75, 3.05) is 7.11 Å².